The van der Waals surface area contributed by atoms with Crippen LogP contribution in [-0.4, -0.2) is 26.3 Å². The van der Waals surface area contributed by atoms with Crippen molar-refractivity contribution in [2.75, 3.05) is 20.2 Å². The van der Waals surface area contributed by atoms with Crippen LogP contribution < -0.4 is 5.32 Å². The molecule has 0 rings (SSSR count). The highest BCUT2D eigenvalue weighted by atomic mass is 16.5. The van der Waals surface area contributed by atoms with Gasteiger partial charge in [0.1, 0.15) is 0 Å². The lowest BCUT2D eigenvalue weighted by molar-refractivity contribution is 0.0910. The monoisotopic (exact) mass is 215 g/mol. The van der Waals surface area contributed by atoms with E-state index in [-0.39, 0.29) is 0 Å². The van der Waals surface area contributed by atoms with Gasteiger partial charge < -0.3 is 10.1 Å². The molecule has 0 radical (unpaired) electrons. The first-order valence-electron chi connectivity index (χ1n) is 6.33. The van der Waals surface area contributed by atoms with Gasteiger partial charge in [-0.25, -0.2) is 0 Å². The Morgan fingerprint density at radius 1 is 1.13 bits per heavy atom. The average Bonchev–Trinajstić information content (AvgIpc) is 2.17. The number of methoxy groups -OCH3 is 1. The van der Waals surface area contributed by atoms with Gasteiger partial charge in [-0.2, -0.15) is 0 Å². The minimum atomic E-state index is 0.386. The highest BCUT2D eigenvalue weighted by Crippen LogP contribution is 2.17. The van der Waals surface area contributed by atoms with Gasteiger partial charge in [0.05, 0.1) is 6.10 Å². The number of ether oxygens (including phenoxy) is 1. The van der Waals surface area contributed by atoms with Gasteiger partial charge in [-0.05, 0) is 51.1 Å². The third-order valence-electron chi connectivity index (χ3n) is 2.73. The van der Waals surface area contributed by atoms with Gasteiger partial charge in [-0.1, -0.05) is 20.8 Å². The lowest BCUT2D eigenvalue weighted by Gasteiger charge is -2.22. The van der Waals surface area contributed by atoms with Crippen LogP contribution in [0, 0.1) is 11.8 Å². The summed E-state index contributed by atoms with van der Waals surface area (Å²) in [6.45, 7) is 11.2. The Balaban J connectivity index is 3.83. The first-order chi connectivity index (χ1) is 7.10. The van der Waals surface area contributed by atoms with Crippen molar-refractivity contribution < 1.29 is 4.74 Å². The Labute approximate surface area is 95.8 Å². The SMILES string of the molecule is CCCNCC(CC(C)C)CC(C)OC. The fourth-order valence-electron chi connectivity index (χ4n) is 1.98. The molecule has 0 bridgehead atoms. The standard InChI is InChI=1S/C13H29NO/c1-6-7-14-10-13(8-11(2)3)9-12(4)15-5/h11-14H,6-10H2,1-5H3. The maximum Gasteiger partial charge on any atom is 0.0546 e. The summed E-state index contributed by atoms with van der Waals surface area (Å²) in [4.78, 5) is 0. The summed E-state index contributed by atoms with van der Waals surface area (Å²) in [5.74, 6) is 1.54. The van der Waals surface area contributed by atoms with Gasteiger partial charge in [-0.15, -0.1) is 0 Å². The Kier molecular flexibility index (Phi) is 9.12. The summed E-state index contributed by atoms with van der Waals surface area (Å²) in [5, 5.41) is 3.51. The molecule has 0 aromatic rings. The zero-order chi connectivity index (χ0) is 11.7. The molecule has 15 heavy (non-hydrogen) atoms. The molecule has 0 amide bonds. The maximum atomic E-state index is 5.34. The van der Waals surface area contributed by atoms with Crippen molar-refractivity contribution in [1.82, 2.24) is 5.32 Å². The van der Waals surface area contributed by atoms with Crippen molar-refractivity contribution >= 4 is 0 Å². The number of nitrogens with one attached hydrogen (secondary N) is 1. The Hall–Kier alpha value is -0.0800. The molecule has 0 fully saturated rings. The molecule has 1 N–H and O–H groups in total. The van der Waals surface area contributed by atoms with Crippen LogP contribution in [0.15, 0.2) is 0 Å². The largest absolute Gasteiger partial charge is 0.382 e. The van der Waals surface area contributed by atoms with Gasteiger partial charge in [0, 0.05) is 7.11 Å². The van der Waals surface area contributed by atoms with E-state index >= 15 is 0 Å². The molecule has 0 aliphatic carbocycles. The molecule has 92 valence electrons. The van der Waals surface area contributed by atoms with Crippen LogP contribution in [0.5, 0.6) is 0 Å². The average molecular weight is 215 g/mol. The molecular formula is C13H29NO. The van der Waals surface area contributed by atoms with E-state index in [0.717, 1.165) is 24.9 Å². The van der Waals surface area contributed by atoms with Crippen LogP contribution in [0.1, 0.15) is 47.0 Å². The predicted molar refractivity (Wildman–Crippen MR) is 67.2 cm³/mol. The van der Waals surface area contributed by atoms with Crippen LogP contribution in [0.2, 0.25) is 0 Å². The van der Waals surface area contributed by atoms with E-state index in [9.17, 15) is 0 Å². The summed E-state index contributed by atoms with van der Waals surface area (Å²) >= 11 is 0. The zero-order valence-corrected chi connectivity index (χ0v) is 11.2. The van der Waals surface area contributed by atoms with Crippen LogP contribution in [-0.2, 0) is 4.74 Å². The molecule has 0 aliphatic rings. The van der Waals surface area contributed by atoms with E-state index in [0.29, 0.717) is 6.10 Å². The van der Waals surface area contributed by atoms with Crippen LogP contribution in [0.25, 0.3) is 0 Å². The van der Waals surface area contributed by atoms with E-state index < -0.39 is 0 Å². The second-order valence-electron chi connectivity index (χ2n) is 4.98. The Bertz CT molecular complexity index is 136. The molecule has 2 heteroatoms. The van der Waals surface area contributed by atoms with Crippen molar-refractivity contribution in [1.29, 1.82) is 0 Å². The Morgan fingerprint density at radius 2 is 1.80 bits per heavy atom. The maximum absolute atomic E-state index is 5.34. The second-order valence-corrected chi connectivity index (χ2v) is 4.98. The summed E-state index contributed by atoms with van der Waals surface area (Å²) in [7, 11) is 1.80. The first-order valence-corrected chi connectivity index (χ1v) is 6.33. The van der Waals surface area contributed by atoms with Gasteiger partial charge in [0.25, 0.3) is 0 Å². The van der Waals surface area contributed by atoms with Crippen molar-refractivity contribution in [3.05, 3.63) is 0 Å². The summed E-state index contributed by atoms with van der Waals surface area (Å²) in [5.41, 5.74) is 0. The smallest absolute Gasteiger partial charge is 0.0546 e. The topological polar surface area (TPSA) is 21.3 Å². The van der Waals surface area contributed by atoms with Gasteiger partial charge in [0.15, 0.2) is 0 Å². The molecule has 0 aromatic heterocycles. The van der Waals surface area contributed by atoms with E-state index in [1.807, 2.05) is 0 Å². The van der Waals surface area contributed by atoms with Gasteiger partial charge in [0.2, 0.25) is 0 Å². The molecular weight excluding hydrogens is 186 g/mol. The summed E-state index contributed by atoms with van der Waals surface area (Å²) in [6.07, 6.45) is 4.07. The quantitative estimate of drug-likeness (QED) is 0.597. The fourth-order valence-corrected chi connectivity index (χ4v) is 1.98. The van der Waals surface area contributed by atoms with E-state index in [4.69, 9.17) is 4.74 Å². The number of rotatable bonds is 9. The van der Waals surface area contributed by atoms with Crippen LogP contribution in [0.3, 0.4) is 0 Å². The zero-order valence-electron chi connectivity index (χ0n) is 11.2. The minimum absolute atomic E-state index is 0.386. The van der Waals surface area contributed by atoms with Crippen molar-refractivity contribution in [3.8, 4) is 0 Å². The first kappa shape index (κ1) is 14.9. The number of hydrogen-bond donors (Lipinski definition) is 1. The molecule has 0 spiro atoms. The van der Waals surface area contributed by atoms with E-state index in [1.165, 1.54) is 19.3 Å². The summed E-state index contributed by atoms with van der Waals surface area (Å²) in [6, 6.07) is 0. The van der Waals surface area contributed by atoms with E-state index in [2.05, 4.69) is 33.0 Å². The van der Waals surface area contributed by atoms with Crippen LogP contribution >= 0.6 is 0 Å². The fraction of sp³-hybridized carbons (Fsp3) is 1.00. The van der Waals surface area contributed by atoms with Crippen molar-refractivity contribution in [3.63, 3.8) is 0 Å². The van der Waals surface area contributed by atoms with E-state index in [1.54, 1.807) is 7.11 Å². The molecule has 0 saturated heterocycles. The molecule has 0 aliphatic heterocycles. The summed E-state index contributed by atoms with van der Waals surface area (Å²) < 4.78 is 5.34. The minimum Gasteiger partial charge on any atom is -0.382 e. The third kappa shape index (κ3) is 8.88. The third-order valence-corrected chi connectivity index (χ3v) is 2.73. The molecule has 2 unspecified atom stereocenters. The van der Waals surface area contributed by atoms with Gasteiger partial charge >= 0.3 is 0 Å². The molecule has 0 saturated carbocycles. The molecule has 0 aromatic carbocycles. The highest BCUT2D eigenvalue weighted by Gasteiger charge is 2.14. The van der Waals surface area contributed by atoms with Gasteiger partial charge in [-0.3, -0.25) is 0 Å². The lowest BCUT2D eigenvalue weighted by Crippen LogP contribution is -2.27. The normalized spacial score (nSPS) is 15.6. The van der Waals surface area contributed by atoms with Crippen LogP contribution in [0.4, 0.5) is 0 Å². The second kappa shape index (κ2) is 9.17. The molecule has 0 heterocycles. The predicted octanol–water partition coefficient (Wildman–Crippen LogP) is 3.07. The number of hydrogen-bond acceptors (Lipinski definition) is 2. The van der Waals surface area contributed by atoms with Crippen molar-refractivity contribution in [2.24, 2.45) is 11.8 Å². The Morgan fingerprint density at radius 3 is 2.27 bits per heavy atom. The van der Waals surface area contributed by atoms with Crippen molar-refractivity contribution in [2.45, 2.75) is 53.1 Å². The highest BCUT2D eigenvalue weighted by molar-refractivity contribution is 4.67. The molecule has 2 atom stereocenters. The molecule has 2 nitrogen and oxygen atoms in total. The lowest BCUT2D eigenvalue weighted by atomic mass is 9.92.